The number of rotatable bonds is 3. The fraction of sp³-hybridized carbons (Fsp3) is 0.833. The van der Waals surface area contributed by atoms with Gasteiger partial charge in [0.15, 0.2) is 0 Å². The molecule has 2 rings (SSSR count). The Labute approximate surface area is 96.6 Å². The van der Waals surface area contributed by atoms with Crippen LogP contribution in [0.4, 0.5) is 0 Å². The van der Waals surface area contributed by atoms with E-state index in [1.54, 1.807) is 0 Å². The molecule has 1 saturated heterocycles. The van der Waals surface area contributed by atoms with Gasteiger partial charge >= 0.3 is 0 Å². The molecule has 0 aromatic carbocycles. The number of nitrogens with zero attached hydrogens (tertiary/aromatic N) is 2. The number of carbonyl (C=O) groups excluding carboxylic acids is 1. The lowest BCUT2D eigenvalue weighted by molar-refractivity contribution is -0.122. The van der Waals surface area contributed by atoms with Gasteiger partial charge in [0.25, 0.3) is 0 Å². The van der Waals surface area contributed by atoms with Crippen LogP contribution in [-0.2, 0) is 4.79 Å². The molecule has 0 radical (unpaired) electrons. The second-order valence-corrected chi connectivity index (χ2v) is 5.29. The molecule has 1 heterocycles. The molecule has 1 aliphatic carbocycles. The minimum absolute atomic E-state index is 0.142. The van der Waals surface area contributed by atoms with Crippen LogP contribution in [0.3, 0.4) is 0 Å². The van der Waals surface area contributed by atoms with Gasteiger partial charge < -0.3 is 5.32 Å². The van der Waals surface area contributed by atoms with Gasteiger partial charge in [0.1, 0.15) is 0 Å². The fourth-order valence-corrected chi connectivity index (χ4v) is 2.02. The van der Waals surface area contributed by atoms with E-state index in [4.69, 9.17) is 5.26 Å². The van der Waals surface area contributed by atoms with E-state index in [9.17, 15) is 4.79 Å². The first-order valence-electron chi connectivity index (χ1n) is 6.04. The van der Waals surface area contributed by atoms with E-state index in [-0.39, 0.29) is 11.3 Å². The summed E-state index contributed by atoms with van der Waals surface area (Å²) in [6.45, 7) is 4.23. The number of carbonyl (C=O) groups is 1. The maximum absolute atomic E-state index is 11.6. The second kappa shape index (κ2) is 4.42. The second-order valence-electron chi connectivity index (χ2n) is 5.29. The number of hydrogen-bond acceptors (Lipinski definition) is 3. The molecule has 0 aromatic heterocycles. The third kappa shape index (κ3) is 2.96. The van der Waals surface area contributed by atoms with Crippen molar-refractivity contribution in [2.45, 2.75) is 38.6 Å². The summed E-state index contributed by atoms with van der Waals surface area (Å²) in [5.74, 6) is 0.142. The minimum atomic E-state index is -0.177. The van der Waals surface area contributed by atoms with Crippen molar-refractivity contribution < 1.29 is 4.79 Å². The zero-order chi connectivity index (χ0) is 11.6. The van der Waals surface area contributed by atoms with Crippen LogP contribution in [0.5, 0.6) is 0 Å². The quantitative estimate of drug-likeness (QED) is 0.770. The van der Waals surface area contributed by atoms with Crippen molar-refractivity contribution in [3.8, 4) is 6.07 Å². The van der Waals surface area contributed by atoms with Crippen molar-refractivity contribution in [1.82, 2.24) is 10.2 Å². The predicted molar refractivity (Wildman–Crippen MR) is 60.6 cm³/mol. The van der Waals surface area contributed by atoms with Crippen LogP contribution in [0.25, 0.3) is 0 Å². The Morgan fingerprint density at radius 2 is 2.12 bits per heavy atom. The molecule has 0 spiro atoms. The predicted octanol–water partition coefficient (Wildman–Crippen LogP) is 0.891. The van der Waals surface area contributed by atoms with Gasteiger partial charge in [0.05, 0.1) is 18.0 Å². The number of likely N-dealkylation sites (tertiary alicyclic amines) is 1. The van der Waals surface area contributed by atoms with Crippen molar-refractivity contribution in [1.29, 1.82) is 5.26 Å². The van der Waals surface area contributed by atoms with Crippen LogP contribution in [-0.4, -0.2) is 36.5 Å². The Kier molecular flexibility index (Phi) is 3.15. The summed E-state index contributed by atoms with van der Waals surface area (Å²) in [6, 6.07) is 2.82. The molecule has 0 atom stereocenters. The molecular formula is C12H19N3O. The standard InChI is InChI=1S/C12H19N3O/c1-12(9-13)4-6-15(7-5-12)8-11(16)14-10-2-3-10/h10H,2-8H2,1H3,(H,14,16). The highest BCUT2D eigenvalue weighted by atomic mass is 16.2. The molecule has 88 valence electrons. The molecule has 1 N–H and O–H groups in total. The SMILES string of the molecule is CC1(C#N)CCN(CC(=O)NC2CC2)CC1. The summed E-state index contributed by atoms with van der Waals surface area (Å²) in [5.41, 5.74) is -0.177. The van der Waals surface area contributed by atoms with Crippen LogP contribution in [0.1, 0.15) is 32.6 Å². The molecule has 4 heteroatoms. The van der Waals surface area contributed by atoms with E-state index in [0.717, 1.165) is 38.8 Å². The van der Waals surface area contributed by atoms with Crippen molar-refractivity contribution >= 4 is 5.91 Å². The highest BCUT2D eigenvalue weighted by Gasteiger charge is 2.31. The average molecular weight is 221 g/mol. The lowest BCUT2D eigenvalue weighted by Gasteiger charge is -2.34. The van der Waals surface area contributed by atoms with Crippen molar-refractivity contribution in [2.75, 3.05) is 19.6 Å². The normalized spacial score (nSPS) is 24.8. The van der Waals surface area contributed by atoms with Crippen molar-refractivity contribution in [3.05, 3.63) is 0 Å². The first kappa shape index (κ1) is 11.4. The summed E-state index contributed by atoms with van der Waals surface area (Å²) >= 11 is 0. The van der Waals surface area contributed by atoms with E-state index >= 15 is 0 Å². The van der Waals surface area contributed by atoms with Crippen molar-refractivity contribution in [3.63, 3.8) is 0 Å². The molecule has 0 bridgehead atoms. The Balaban J connectivity index is 1.72. The Hall–Kier alpha value is -1.08. The first-order valence-corrected chi connectivity index (χ1v) is 6.04. The minimum Gasteiger partial charge on any atom is -0.352 e. The molecule has 0 unspecified atom stereocenters. The molecule has 4 nitrogen and oxygen atoms in total. The zero-order valence-corrected chi connectivity index (χ0v) is 9.83. The van der Waals surface area contributed by atoms with Crippen LogP contribution < -0.4 is 5.32 Å². The number of amides is 1. The summed E-state index contributed by atoms with van der Waals surface area (Å²) in [6.07, 6.45) is 4.02. The molecule has 1 amide bonds. The highest BCUT2D eigenvalue weighted by Crippen LogP contribution is 2.29. The highest BCUT2D eigenvalue weighted by molar-refractivity contribution is 5.78. The van der Waals surface area contributed by atoms with Crippen LogP contribution in [0.15, 0.2) is 0 Å². The molecule has 2 aliphatic rings. The van der Waals surface area contributed by atoms with Gasteiger partial charge in [-0.1, -0.05) is 0 Å². The average Bonchev–Trinajstić information content (AvgIpc) is 3.06. The van der Waals surface area contributed by atoms with Gasteiger partial charge in [0.2, 0.25) is 5.91 Å². The van der Waals surface area contributed by atoms with Crippen molar-refractivity contribution in [2.24, 2.45) is 5.41 Å². The van der Waals surface area contributed by atoms with Gasteiger partial charge in [-0.3, -0.25) is 9.69 Å². The summed E-state index contributed by atoms with van der Waals surface area (Å²) < 4.78 is 0. The van der Waals surface area contributed by atoms with Gasteiger partial charge in [-0.2, -0.15) is 5.26 Å². The maximum atomic E-state index is 11.6. The van der Waals surface area contributed by atoms with E-state index in [1.165, 1.54) is 0 Å². The van der Waals surface area contributed by atoms with Gasteiger partial charge in [-0.25, -0.2) is 0 Å². The van der Waals surface area contributed by atoms with Gasteiger partial charge in [-0.15, -0.1) is 0 Å². The van der Waals surface area contributed by atoms with Crippen LogP contribution >= 0.6 is 0 Å². The lowest BCUT2D eigenvalue weighted by atomic mass is 9.82. The monoisotopic (exact) mass is 221 g/mol. The van der Waals surface area contributed by atoms with E-state index < -0.39 is 0 Å². The first-order chi connectivity index (χ1) is 7.61. The number of nitriles is 1. The molecule has 2 fully saturated rings. The smallest absolute Gasteiger partial charge is 0.234 e. The van der Waals surface area contributed by atoms with E-state index in [0.29, 0.717) is 12.6 Å². The zero-order valence-electron chi connectivity index (χ0n) is 9.83. The summed E-state index contributed by atoms with van der Waals surface area (Å²) in [4.78, 5) is 13.7. The molecule has 1 aliphatic heterocycles. The third-order valence-electron chi connectivity index (χ3n) is 3.54. The summed E-state index contributed by atoms with van der Waals surface area (Å²) in [5, 5.41) is 12.0. The summed E-state index contributed by atoms with van der Waals surface area (Å²) in [7, 11) is 0. The topological polar surface area (TPSA) is 56.1 Å². The Morgan fingerprint density at radius 1 is 1.50 bits per heavy atom. The van der Waals surface area contributed by atoms with E-state index in [2.05, 4.69) is 16.3 Å². The molecule has 0 aromatic rings. The lowest BCUT2D eigenvalue weighted by Crippen LogP contribution is -2.44. The maximum Gasteiger partial charge on any atom is 0.234 e. The molecule has 16 heavy (non-hydrogen) atoms. The largest absolute Gasteiger partial charge is 0.352 e. The Morgan fingerprint density at radius 3 is 2.62 bits per heavy atom. The van der Waals surface area contributed by atoms with E-state index in [1.807, 2.05) is 6.92 Å². The number of piperidine rings is 1. The van der Waals surface area contributed by atoms with Crippen LogP contribution in [0, 0.1) is 16.7 Å². The van der Waals surface area contributed by atoms with Gasteiger partial charge in [0, 0.05) is 19.1 Å². The van der Waals surface area contributed by atoms with Crippen LogP contribution in [0.2, 0.25) is 0 Å². The molecular weight excluding hydrogens is 202 g/mol. The number of nitrogens with one attached hydrogen (secondary N) is 1. The molecule has 1 saturated carbocycles. The number of hydrogen-bond donors (Lipinski definition) is 1. The fourth-order valence-electron chi connectivity index (χ4n) is 2.02. The third-order valence-corrected chi connectivity index (χ3v) is 3.54. The Bertz CT molecular complexity index is 309. The van der Waals surface area contributed by atoms with Gasteiger partial charge in [-0.05, 0) is 32.6 Å².